The topological polar surface area (TPSA) is 87.2 Å². The molecule has 8 heteroatoms. The first-order valence-corrected chi connectivity index (χ1v) is 10.6. The molecule has 0 spiro atoms. The van der Waals surface area contributed by atoms with Crippen molar-refractivity contribution in [3.8, 4) is 22.9 Å². The van der Waals surface area contributed by atoms with Crippen LogP contribution in [-0.2, 0) is 11.3 Å². The lowest BCUT2D eigenvalue weighted by molar-refractivity contribution is -0.130. The van der Waals surface area contributed by atoms with Gasteiger partial charge in [0.1, 0.15) is 5.75 Å². The Morgan fingerprint density at radius 1 is 1.00 bits per heavy atom. The zero-order valence-corrected chi connectivity index (χ0v) is 17.9. The minimum atomic E-state index is 0.145. The molecule has 4 aromatic rings. The number of carbonyl (C=O) groups excluding carboxylic acids is 1. The van der Waals surface area contributed by atoms with Gasteiger partial charge < -0.3 is 9.64 Å². The quantitative estimate of drug-likeness (QED) is 0.524. The second kappa shape index (κ2) is 8.76. The molecule has 8 nitrogen and oxygen atoms in total. The predicted octanol–water partition coefficient (Wildman–Crippen LogP) is 3.48. The highest BCUT2D eigenvalue weighted by molar-refractivity contribution is 5.83. The van der Waals surface area contributed by atoms with Crippen molar-refractivity contribution in [2.45, 2.75) is 13.5 Å². The van der Waals surface area contributed by atoms with Gasteiger partial charge in [0, 0.05) is 75.3 Å². The van der Waals surface area contributed by atoms with Gasteiger partial charge in [-0.05, 0) is 41.8 Å². The molecule has 0 saturated carbocycles. The average Bonchev–Trinajstić information content (AvgIpc) is 3.35. The third-order valence-corrected chi connectivity index (χ3v) is 5.72. The van der Waals surface area contributed by atoms with Crippen molar-refractivity contribution < 1.29 is 9.53 Å². The van der Waals surface area contributed by atoms with Gasteiger partial charge >= 0.3 is 0 Å². The Morgan fingerprint density at radius 3 is 2.59 bits per heavy atom. The molecule has 1 aliphatic rings. The average molecular weight is 428 g/mol. The van der Waals surface area contributed by atoms with Gasteiger partial charge in [-0.2, -0.15) is 5.10 Å². The van der Waals surface area contributed by atoms with Crippen LogP contribution in [0.25, 0.3) is 22.0 Å². The lowest BCUT2D eigenvalue weighted by Gasteiger charge is -2.33. The van der Waals surface area contributed by atoms with E-state index < -0.39 is 0 Å². The Bertz CT molecular complexity index is 1220. The van der Waals surface area contributed by atoms with Gasteiger partial charge in [0.15, 0.2) is 0 Å². The Balaban J connectivity index is 1.27. The minimum Gasteiger partial charge on any atom is -0.439 e. The smallest absolute Gasteiger partial charge is 0.219 e. The summed E-state index contributed by atoms with van der Waals surface area (Å²) in [7, 11) is 0. The van der Waals surface area contributed by atoms with Crippen molar-refractivity contribution in [2.24, 2.45) is 0 Å². The van der Waals surface area contributed by atoms with Crippen LogP contribution in [0.3, 0.4) is 0 Å². The van der Waals surface area contributed by atoms with Crippen molar-refractivity contribution in [2.75, 3.05) is 26.2 Å². The molecule has 0 unspecified atom stereocenters. The highest BCUT2D eigenvalue weighted by Gasteiger charge is 2.19. The fourth-order valence-electron chi connectivity index (χ4n) is 3.90. The Kier molecular flexibility index (Phi) is 5.51. The number of amides is 1. The van der Waals surface area contributed by atoms with Crippen molar-refractivity contribution in [3.63, 3.8) is 0 Å². The van der Waals surface area contributed by atoms with E-state index in [1.54, 1.807) is 19.3 Å². The number of carbonyl (C=O) groups is 1. The molecule has 1 amide bonds. The molecule has 162 valence electrons. The normalized spacial score (nSPS) is 14.6. The fourth-order valence-corrected chi connectivity index (χ4v) is 3.90. The lowest BCUT2D eigenvalue weighted by atomic mass is 10.1. The summed E-state index contributed by atoms with van der Waals surface area (Å²) in [5, 5.41) is 9.02. The van der Waals surface area contributed by atoms with Crippen LogP contribution < -0.4 is 4.74 Å². The van der Waals surface area contributed by atoms with Crippen molar-refractivity contribution in [1.29, 1.82) is 0 Å². The molecule has 0 radical (unpaired) electrons. The molecule has 0 aliphatic carbocycles. The number of hydrogen-bond donors (Lipinski definition) is 1. The highest BCUT2D eigenvalue weighted by atomic mass is 16.5. The van der Waals surface area contributed by atoms with E-state index in [-0.39, 0.29) is 5.91 Å². The number of fused-ring (bicyclic) bond motifs is 1. The van der Waals surface area contributed by atoms with Crippen LogP contribution in [0.4, 0.5) is 0 Å². The van der Waals surface area contributed by atoms with Crippen LogP contribution in [0, 0.1) is 0 Å². The zero-order chi connectivity index (χ0) is 21.9. The molecule has 1 N–H and O–H groups in total. The summed E-state index contributed by atoms with van der Waals surface area (Å²) in [5.41, 5.74) is 2.87. The minimum absolute atomic E-state index is 0.145. The van der Waals surface area contributed by atoms with Crippen molar-refractivity contribution >= 4 is 16.7 Å². The number of H-pyrrole nitrogens is 1. The summed E-state index contributed by atoms with van der Waals surface area (Å²) < 4.78 is 5.98. The van der Waals surface area contributed by atoms with E-state index >= 15 is 0 Å². The standard InChI is InChI=1S/C24H24N6O2/c1-17(31)30-10-8-29(9-11-30)16-21-12-20-13-22(4-2-18(20)14-25-21)32-24-5-3-19(15-26-24)23-6-7-27-28-23/h2-7,12-15H,8-11,16H2,1H3,(H,27,28). The number of piperazine rings is 1. The molecule has 1 fully saturated rings. The van der Waals surface area contributed by atoms with Gasteiger partial charge in [-0.15, -0.1) is 0 Å². The van der Waals surface area contributed by atoms with Gasteiger partial charge in [-0.3, -0.25) is 19.8 Å². The monoisotopic (exact) mass is 428 g/mol. The summed E-state index contributed by atoms with van der Waals surface area (Å²) in [6, 6.07) is 13.7. The number of hydrogen-bond acceptors (Lipinski definition) is 6. The number of rotatable bonds is 5. The number of benzene rings is 1. The van der Waals surface area contributed by atoms with Gasteiger partial charge in [-0.1, -0.05) is 0 Å². The zero-order valence-electron chi connectivity index (χ0n) is 17.9. The first-order valence-electron chi connectivity index (χ1n) is 10.6. The first-order chi connectivity index (χ1) is 15.6. The van der Waals surface area contributed by atoms with E-state index in [9.17, 15) is 4.79 Å². The third kappa shape index (κ3) is 4.45. The van der Waals surface area contributed by atoms with E-state index in [4.69, 9.17) is 4.74 Å². The summed E-state index contributed by atoms with van der Waals surface area (Å²) in [6.45, 7) is 5.66. The molecule has 3 aromatic heterocycles. The van der Waals surface area contributed by atoms with Gasteiger partial charge in [-0.25, -0.2) is 4.98 Å². The third-order valence-electron chi connectivity index (χ3n) is 5.72. The molecule has 32 heavy (non-hydrogen) atoms. The molecule has 0 bridgehead atoms. The Morgan fingerprint density at radius 2 is 1.88 bits per heavy atom. The lowest BCUT2D eigenvalue weighted by Crippen LogP contribution is -2.47. The Labute approximate surface area is 185 Å². The molecule has 4 heterocycles. The maximum atomic E-state index is 11.5. The largest absolute Gasteiger partial charge is 0.439 e. The highest BCUT2D eigenvalue weighted by Crippen LogP contribution is 2.26. The van der Waals surface area contributed by atoms with Crippen LogP contribution in [0.2, 0.25) is 0 Å². The second-order valence-corrected chi connectivity index (χ2v) is 7.92. The van der Waals surface area contributed by atoms with Gasteiger partial charge in [0.25, 0.3) is 0 Å². The summed E-state index contributed by atoms with van der Waals surface area (Å²) in [6.07, 6.45) is 5.37. The summed E-state index contributed by atoms with van der Waals surface area (Å²) in [5.74, 6) is 1.41. The van der Waals surface area contributed by atoms with Gasteiger partial charge in [0.05, 0.1) is 11.4 Å². The van der Waals surface area contributed by atoms with E-state index in [0.717, 1.165) is 66.2 Å². The van der Waals surface area contributed by atoms with E-state index in [2.05, 4.69) is 31.1 Å². The summed E-state index contributed by atoms with van der Waals surface area (Å²) in [4.78, 5) is 24.8. The number of aromatic nitrogens is 4. The van der Waals surface area contributed by atoms with E-state index in [1.807, 2.05) is 47.5 Å². The van der Waals surface area contributed by atoms with Crippen LogP contribution in [0.15, 0.2) is 61.1 Å². The maximum Gasteiger partial charge on any atom is 0.219 e. The molecule has 1 saturated heterocycles. The van der Waals surface area contributed by atoms with Crippen molar-refractivity contribution in [1.82, 2.24) is 30.0 Å². The van der Waals surface area contributed by atoms with E-state index in [1.165, 1.54) is 0 Å². The molecule has 1 aromatic carbocycles. The fraction of sp³-hybridized carbons (Fsp3) is 0.250. The van der Waals surface area contributed by atoms with Crippen LogP contribution in [-0.4, -0.2) is 62.1 Å². The molecule has 1 aliphatic heterocycles. The van der Waals surface area contributed by atoms with Crippen LogP contribution in [0.1, 0.15) is 12.6 Å². The van der Waals surface area contributed by atoms with Crippen LogP contribution >= 0.6 is 0 Å². The molecule has 5 rings (SSSR count). The number of pyridine rings is 2. The van der Waals surface area contributed by atoms with Crippen molar-refractivity contribution in [3.05, 3.63) is 66.7 Å². The number of nitrogens with zero attached hydrogens (tertiary/aromatic N) is 5. The molecular weight excluding hydrogens is 404 g/mol. The van der Waals surface area contributed by atoms with Gasteiger partial charge in [0.2, 0.25) is 11.8 Å². The summed E-state index contributed by atoms with van der Waals surface area (Å²) >= 11 is 0. The first kappa shape index (κ1) is 20.1. The Hall–Kier alpha value is -3.78. The molecular formula is C24H24N6O2. The number of nitrogens with one attached hydrogen (secondary N) is 1. The number of aromatic amines is 1. The predicted molar refractivity (Wildman–Crippen MR) is 121 cm³/mol. The number of ether oxygens (including phenoxy) is 1. The van der Waals surface area contributed by atoms with Crippen LogP contribution in [0.5, 0.6) is 11.6 Å². The van der Waals surface area contributed by atoms with E-state index in [0.29, 0.717) is 5.88 Å². The SMILES string of the molecule is CC(=O)N1CCN(Cc2cc3cc(Oc4ccc(-c5ccn[nH]5)cn4)ccc3cn2)CC1. The molecule has 0 atom stereocenters. The maximum absolute atomic E-state index is 11.5. The second-order valence-electron chi connectivity index (χ2n) is 7.92.